The number of benzene rings is 3. The molecule has 3 aromatic carbocycles. The number of aromatic nitrogens is 1. The highest BCUT2D eigenvalue weighted by atomic mass is 16.5. The van der Waals surface area contributed by atoms with E-state index in [1.165, 1.54) is 24.3 Å². The van der Waals surface area contributed by atoms with Crippen LogP contribution < -0.4 is 0 Å². The summed E-state index contributed by atoms with van der Waals surface area (Å²) in [5, 5.41) is 11.1. The molecular weight excluding hydrogens is 402 g/mol. The van der Waals surface area contributed by atoms with Gasteiger partial charge in [-0.05, 0) is 48.9 Å². The molecule has 0 aliphatic heterocycles. The van der Waals surface area contributed by atoms with E-state index in [0.29, 0.717) is 0 Å². The minimum atomic E-state index is -0.539. The fraction of sp³-hybridized carbons (Fsp3) is 0.0741. The Labute approximate surface area is 185 Å². The summed E-state index contributed by atoms with van der Waals surface area (Å²) in [6.45, 7) is 1.93. The molecule has 1 heterocycles. The highest BCUT2D eigenvalue weighted by Gasteiger charge is 2.14. The summed E-state index contributed by atoms with van der Waals surface area (Å²) in [7, 11) is 0. The minimum Gasteiger partial charge on any atom is -0.507 e. The Morgan fingerprint density at radius 3 is 2.53 bits per heavy atom. The van der Waals surface area contributed by atoms with E-state index in [9.17, 15) is 14.7 Å². The van der Waals surface area contributed by atoms with Crippen LogP contribution in [0.25, 0.3) is 28.2 Å². The number of para-hydroxylation sites is 1. The van der Waals surface area contributed by atoms with Gasteiger partial charge in [-0.25, -0.2) is 9.78 Å². The van der Waals surface area contributed by atoms with Crippen molar-refractivity contribution in [3.8, 4) is 17.0 Å². The number of esters is 1. The molecule has 0 spiro atoms. The molecule has 0 unspecified atom stereocenters. The molecule has 0 radical (unpaired) electrons. The normalized spacial score (nSPS) is 11.0. The maximum absolute atomic E-state index is 12.6. The molecule has 1 aromatic heterocycles. The summed E-state index contributed by atoms with van der Waals surface area (Å²) >= 11 is 0. The lowest BCUT2D eigenvalue weighted by Crippen LogP contribution is -2.06. The number of phenols is 1. The van der Waals surface area contributed by atoms with Crippen LogP contribution in [-0.4, -0.2) is 28.4 Å². The van der Waals surface area contributed by atoms with E-state index in [-0.39, 0.29) is 23.5 Å². The molecule has 5 heteroatoms. The summed E-state index contributed by atoms with van der Waals surface area (Å²) in [6.07, 6.45) is 3.03. The van der Waals surface area contributed by atoms with Crippen molar-refractivity contribution in [2.75, 3.05) is 6.61 Å². The molecule has 1 N–H and O–H groups in total. The molecule has 0 bridgehead atoms. The van der Waals surface area contributed by atoms with Gasteiger partial charge in [-0.2, -0.15) is 0 Å². The second-order valence-corrected chi connectivity index (χ2v) is 7.16. The number of carbonyl (C=O) groups excluding carboxylic acids is 2. The van der Waals surface area contributed by atoms with Gasteiger partial charge in [0.1, 0.15) is 5.75 Å². The Balaban J connectivity index is 1.52. The predicted octanol–water partition coefficient (Wildman–Crippen LogP) is 5.68. The molecule has 0 fully saturated rings. The summed E-state index contributed by atoms with van der Waals surface area (Å²) in [5.41, 5.74) is 3.86. The number of hydrogen-bond acceptors (Lipinski definition) is 5. The Morgan fingerprint density at radius 1 is 0.969 bits per heavy atom. The first-order chi connectivity index (χ1) is 15.5. The number of ether oxygens (including phenoxy) is 1. The molecule has 32 heavy (non-hydrogen) atoms. The molecule has 158 valence electrons. The van der Waals surface area contributed by atoms with Gasteiger partial charge >= 0.3 is 5.97 Å². The van der Waals surface area contributed by atoms with Crippen LogP contribution in [0.3, 0.4) is 0 Å². The van der Waals surface area contributed by atoms with Crippen LogP contribution in [0.4, 0.5) is 0 Å². The number of pyridine rings is 1. The Hall–Kier alpha value is -4.25. The van der Waals surface area contributed by atoms with Gasteiger partial charge in [0.15, 0.2) is 5.78 Å². The van der Waals surface area contributed by atoms with E-state index >= 15 is 0 Å². The zero-order valence-corrected chi connectivity index (χ0v) is 17.5. The fourth-order valence-corrected chi connectivity index (χ4v) is 3.33. The Morgan fingerprint density at radius 2 is 1.75 bits per heavy atom. The summed E-state index contributed by atoms with van der Waals surface area (Å²) in [6, 6.07) is 23.7. The van der Waals surface area contributed by atoms with E-state index in [1.807, 2.05) is 60.7 Å². The van der Waals surface area contributed by atoms with Crippen molar-refractivity contribution in [3.05, 3.63) is 102 Å². The van der Waals surface area contributed by atoms with Gasteiger partial charge < -0.3 is 9.84 Å². The highest BCUT2D eigenvalue weighted by molar-refractivity contribution is 6.09. The fourth-order valence-electron chi connectivity index (χ4n) is 3.33. The average Bonchev–Trinajstić information content (AvgIpc) is 2.83. The van der Waals surface area contributed by atoms with Crippen molar-refractivity contribution in [2.45, 2.75) is 6.92 Å². The van der Waals surface area contributed by atoms with Gasteiger partial charge in [-0.15, -0.1) is 0 Å². The van der Waals surface area contributed by atoms with Crippen LogP contribution in [0.2, 0.25) is 0 Å². The van der Waals surface area contributed by atoms with E-state index < -0.39 is 11.8 Å². The van der Waals surface area contributed by atoms with E-state index in [2.05, 4.69) is 0 Å². The summed E-state index contributed by atoms with van der Waals surface area (Å²) in [5.74, 6) is -1.14. The second-order valence-electron chi connectivity index (χ2n) is 7.16. The molecule has 0 atom stereocenters. The van der Waals surface area contributed by atoms with E-state index in [1.54, 1.807) is 13.0 Å². The summed E-state index contributed by atoms with van der Waals surface area (Å²) in [4.78, 5) is 29.2. The van der Waals surface area contributed by atoms with Gasteiger partial charge in [0, 0.05) is 10.9 Å². The highest BCUT2D eigenvalue weighted by Crippen LogP contribution is 2.23. The molecule has 5 nitrogen and oxygen atoms in total. The molecular formula is C27H21NO4. The maximum atomic E-state index is 12.6. The lowest BCUT2D eigenvalue weighted by molar-refractivity contribution is 0.0526. The van der Waals surface area contributed by atoms with Gasteiger partial charge in [0.05, 0.1) is 28.9 Å². The van der Waals surface area contributed by atoms with Crippen LogP contribution in [-0.2, 0) is 4.74 Å². The minimum absolute atomic E-state index is 0.0452. The number of carbonyl (C=O) groups is 2. The quantitative estimate of drug-likeness (QED) is 0.245. The predicted molar refractivity (Wildman–Crippen MR) is 125 cm³/mol. The number of aromatic hydroxyl groups is 1. The smallest absolute Gasteiger partial charge is 0.338 e. The number of fused-ring (bicyclic) bond motifs is 1. The maximum Gasteiger partial charge on any atom is 0.338 e. The van der Waals surface area contributed by atoms with Gasteiger partial charge in [0.25, 0.3) is 0 Å². The average molecular weight is 423 g/mol. The van der Waals surface area contributed by atoms with Crippen LogP contribution in [0.1, 0.15) is 33.2 Å². The van der Waals surface area contributed by atoms with Crippen LogP contribution in [0.15, 0.2) is 84.9 Å². The standard InChI is InChI=1S/C27H21NO4/c1-2-32-27(31)21-13-16-26(30)22(17-21)25(29)15-9-18-7-10-20(11-8-18)24-14-12-19-5-3-4-6-23(19)28-24/h3-17,30H,2H2,1H3/b15-9+. The lowest BCUT2D eigenvalue weighted by Gasteiger charge is -2.05. The van der Waals surface area contributed by atoms with Crippen molar-refractivity contribution in [1.82, 2.24) is 4.98 Å². The molecule has 0 aliphatic carbocycles. The first kappa shape index (κ1) is 21.0. The lowest BCUT2D eigenvalue weighted by atomic mass is 10.0. The van der Waals surface area contributed by atoms with Gasteiger partial charge in [-0.3, -0.25) is 4.79 Å². The number of hydrogen-bond donors (Lipinski definition) is 1. The molecule has 4 aromatic rings. The summed E-state index contributed by atoms with van der Waals surface area (Å²) < 4.78 is 4.95. The molecule has 0 amide bonds. The number of rotatable bonds is 6. The van der Waals surface area contributed by atoms with Crippen molar-refractivity contribution >= 4 is 28.7 Å². The number of allylic oxidation sites excluding steroid dienone is 1. The van der Waals surface area contributed by atoms with E-state index in [4.69, 9.17) is 9.72 Å². The van der Waals surface area contributed by atoms with Crippen molar-refractivity contribution in [2.24, 2.45) is 0 Å². The zero-order chi connectivity index (χ0) is 22.5. The zero-order valence-electron chi connectivity index (χ0n) is 17.5. The number of nitrogens with zero attached hydrogens (tertiary/aromatic N) is 1. The Bertz CT molecular complexity index is 1320. The van der Waals surface area contributed by atoms with Crippen molar-refractivity contribution in [3.63, 3.8) is 0 Å². The third kappa shape index (κ3) is 4.57. The first-order valence-electron chi connectivity index (χ1n) is 10.2. The Kier molecular flexibility index (Phi) is 6.08. The largest absolute Gasteiger partial charge is 0.507 e. The molecule has 0 saturated heterocycles. The topological polar surface area (TPSA) is 76.5 Å². The molecule has 0 saturated carbocycles. The van der Waals surface area contributed by atoms with Gasteiger partial charge in [-0.1, -0.05) is 54.6 Å². The second kappa shape index (κ2) is 9.27. The third-order valence-electron chi connectivity index (χ3n) is 5.01. The number of ketones is 1. The van der Waals surface area contributed by atoms with Crippen molar-refractivity contribution in [1.29, 1.82) is 0 Å². The molecule has 4 rings (SSSR count). The van der Waals surface area contributed by atoms with E-state index in [0.717, 1.165) is 27.7 Å². The molecule has 0 aliphatic rings. The number of phenolic OH excluding ortho intramolecular Hbond substituents is 1. The SMILES string of the molecule is CCOC(=O)c1ccc(O)c(C(=O)/C=C/c2ccc(-c3ccc4ccccc4n3)cc2)c1. The first-order valence-corrected chi connectivity index (χ1v) is 10.2. The van der Waals surface area contributed by atoms with Crippen LogP contribution in [0, 0.1) is 0 Å². The van der Waals surface area contributed by atoms with Gasteiger partial charge in [0.2, 0.25) is 0 Å². The van der Waals surface area contributed by atoms with Crippen LogP contribution in [0.5, 0.6) is 5.75 Å². The third-order valence-corrected chi connectivity index (χ3v) is 5.01. The van der Waals surface area contributed by atoms with Crippen LogP contribution >= 0.6 is 0 Å². The monoisotopic (exact) mass is 423 g/mol. The van der Waals surface area contributed by atoms with Crippen molar-refractivity contribution < 1.29 is 19.4 Å².